The normalized spacial score (nSPS) is 25.0. The van der Waals surface area contributed by atoms with Gasteiger partial charge in [-0.3, -0.25) is 4.90 Å². The summed E-state index contributed by atoms with van der Waals surface area (Å²) in [5.74, 6) is 0.802. The molecule has 1 aliphatic carbocycles. The zero-order chi connectivity index (χ0) is 17.7. The van der Waals surface area contributed by atoms with Gasteiger partial charge in [-0.15, -0.1) is 0 Å². The van der Waals surface area contributed by atoms with Crippen molar-refractivity contribution in [3.63, 3.8) is 0 Å². The van der Waals surface area contributed by atoms with E-state index >= 15 is 0 Å². The van der Waals surface area contributed by atoms with Gasteiger partial charge in [0.25, 0.3) is 0 Å². The minimum Gasteiger partial charge on any atom is -0.295 e. The van der Waals surface area contributed by atoms with Crippen molar-refractivity contribution >= 4 is 17.4 Å². The van der Waals surface area contributed by atoms with Crippen LogP contribution in [0.5, 0.6) is 0 Å². The second kappa shape index (κ2) is 5.44. The molecule has 1 aromatic rings. The highest BCUT2D eigenvalue weighted by atomic mass is 15.4. The number of allylic oxidation sites excluding steroid dienone is 2. The van der Waals surface area contributed by atoms with E-state index in [-0.39, 0.29) is 11.1 Å². The Hall–Kier alpha value is -2.16. The van der Waals surface area contributed by atoms with Gasteiger partial charge in [-0.05, 0) is 65.2 Å². The second-order valence-corrected chi connectivity index (χ2v) is 7.98. The van der Waals surface area contributed by atoms with Crippen molar-refractivity contribution in [3.8, 4) is 0 Å². The van der Waals surface area contributed by atoms with Gasteiger partial charge in [0, 0.05) is 0 Å². The average molecular weight is 321 g/mol. The fourth-order valence-electron chi connectivity index (χ4n) is 3.54. The van der Waals surface area contributed by atoms with Crippen LogP contribution in [0, 0.1) is 13.8 Å². The molecule has 0 radical (unpaired) electrons. The third-order valence-electron chi connectivity index (χ3n) is 4.59. The molecule has 1 unspecified atom stereocenters. The molecule has 0 bridgehead atoms. The summed E-state index contributed by atoms with van der Waals surface area (Å²) in [6.45, 7) is 15.0. The van der Waals surface area contributed by atoms with Crippen LogP contribution in [0.4, 0.5) is 5.69 Å². The lowest BCUT2D eigenvalue weighted by Gasteiger charge is -2.38. The molecule has 3 rings (SSSR count). The molecule has 0 amide bonds. The largest absolute Gasteiger partial charge is 0.295 e. The van der Waals surface area contributed by atoms with Crippen molar-refractivity contribution < 1.29 is 0 Å². The van der Waals surface area contributed by atoms with Crippen LogP contribution >= 0.6 is 0 Å². The fourth-order valence-corrected chi connectivity index (χ4v) is 3.54. The molecule has 1 atom stereocenters. The smallest absolute Gasteiger partial charge is 0.227 e. The highest BCUT2D eigenvalue weighted by molar-refractivity contribution is 6.26. The van der Waals surface area contributed by atoms with Gasteiger partial charge in [-0.2, -0.15) is 0 Å². The van der Waals surface area contributed by atoms with Crippen molar-refractivity contribution in [3.05, 3.63) is 53.1 Å². The summed E-state index contributed by atoms with van der Waals surface area (Å²) in [6.07, 6.45) is 6.49. The maximum Gasteiger partial charge on any atom is 0.227 e. The van der Waals surface area contributed by atoms with E-state index in [0.29, 0.717) is 0 Å². The number of benzene rings is 1. The Kier molecular flexibility index (Phi) is 3.78. The number of hydrogen-bond acceptors (Lipinski definition) is 1. The molecule has 1 heterocycles. The van der Waals surface area contributed by atoms with Crippen molar-refractivity contribution in [2.45, 2.75) is 59.5 Å². The SMILES string of the molecule is CC1=CC=CC2(C)C1=NC(=NC(C)(C)C)N2c1c(C)cccc1C. The molecule has 126 valence electrons. The van der Waals surface area contributed by atoms with Crippen LogP contribution in [-0.2, 0) is 0 Å². The highest BCUT2D eigenvalue weighted by Gasteiger charge is 2.46. The zero-order valence-corrected chi connectivity index (χ0v) is 15.8. The third-order valence-corrected chi connectivity index (χ3v) is 4.59. The number of rotatable bonds is 1. The van der Waals surface area contributed by atoms with Crippen molar-refractivity contribution in [1.82, 2.24) is 0 Å². The average Bonchev–Trinajstić information content (AvgIpc) is 2.72. The van der Waals surface area contributed by atoms with Crippen LogP contribution in [0.1, 0.15) is 45.7 Å². The Morgan fingerprint density at radius 3 is 2.29 bits per heavy atom. The Bertz CT molecular complexity index is 783. The van der Waals surface area contributed by atoms with Gasteiger partial charge < -0.3 is 0 Å². The van der Waals surface area contributed by atoms with E-state index in [1.807, 2.05) is 0 Å². The topological polar surface area (TPSA) is 28.0 Å². The predicted molar refractivity (Wildman–Crippen MR) is 104 cm³/mol. The Morgan fingerprint density at radius 1 is 1.08 bits per heavy atom. The van der Waals surface area contributed by atoms with E-state index in [0.717, 1.165) is 11.7 Å². The maximum absolute atomic E-state index is 4.96. The predicted octanol–water partition coefficient (Wildman–Crippen LogP) is 4.99. The first-order valence-corrected chi connectivity index (χ1v) is 8.55. The van der Waals surface area contributed by atoms with Crippen LogP contribution in [0.2, 0.25) is 0 Å². The van der Waals surface area contributed by atoms with Crippen molar-refractivity contribution in [2.75, 3.05) is 4.90 Å². The zero-order valence-electron chi connectivity index (χ0n) is 15.8. The van der Waals surface area contributed by atoms with Gasteiger partial charge in [0.2, 0.25) is 5.96 Å². The van der Waals surface area contributed by atoms with Crippen LogP contribution < -0.4 is 4.90 Å². The van der Waals surface area contributed by atoms with Gasteiger partial charge in [-0.1, -0.05) is 36.4 Å². The minimum atomic E-state index is -0.292. The first-order chi connectivity index (χ1) is 11.1. The number of para-hydroxylation sites is 1. The molecule has 0 aromatic heterocycles. The molecule has 24 heavy (non-hydrogen) atoms. The first-order valence-electron chi connectivity index (χ1n) is 8.55. The third kappa shape index (κ3) is 2.62. The van der Waals surface area contributed by atoms with E-state index in [1.54, 1.807) is 0 Å². The molecule has 0 fully saturated rings. The number of fused-ring (bicyclic) bond motifs is 1. The second-order valence-electron chi connectivity index (χ2n) is 7.98. The number of anilines is 1. The lowest BCUT2D eigenvalue weighted by molar-refractivity contribution is 0.579. The molecule has 1 aliphatic heterocycles. The van der Waals surface area contributed by atoms with Crippen LogP contribution in [0.25, 0.3) is 0 Å². The molecule has 2 aliphatic rings. The van der Waals surface area contributed by atoms with Gasteiger partial charge >= 0.3 is 0 Å². The lowest BCUT2D eigenvalue weighted by atomic mass is 9.85. The van der Waals surface area contributed by atoms with Gasteiger partial charge in [0.15, 0.2) is 0 Å². The Morgan fingerprint density at radius 2 is 1.71 bits per heavy atom. The van der Waals surface area contributed by atoms with Gasteiger partial charge in [0.1, 0.15) is 5.54 Å². The molecule has 0 saturated heterocycles. The summed E-state index contributed by atoms with van der Waals surface area (Å²) in [5, 5.41) is 0. The Balaban J connectivity index is 2.27. The molecular weight excluding hydrogens is 294 g/mol. The number of aliphatic imine (C=N–C) groups is 2. The summed E-state index contributed by atoms with van der Waals surface area (Å²) in [4.78, 5) is 12.2. The highest BCUT2D eigenvalue weighted by Crippen LogP contribution is 2.40. The monoisotopic (exact) mass is 321 g/mol. The molecule has 3 heteroatoms. The fraction of sp³-hybridized carbons (Fsp3) is 0.429. The summed E-state index contributed by atoms with van der Waals surface area (Å²) in [5.41, 5.74) is 5.52. The quantitative estimate of drug-likeness (QED) is 0.716. The summed E-state index contributed by atoms with van der Waals surface area (Å²) < 4.78 is 0. The number of hydrogen-bond donors (Lipinski definition) is 0. The van der Waals surface area contributed by atoms with Gasteiger partial charge in [0.05, 0.1) is 16.9 Å². The van der Waals surface area contributed by atoms with E-state index in [4.69, 9.17) is 9.98 Å². The standard InChI is InChI=1S/C21H27N3/c1-14-10-8-11-15(2)17(14)24-19(23-20(4,5)6)22-18-16(3)12-9-13-21(18,24)7/h8-13H,1-7H3. The molecular formula is C21H27N3. The lowest BCUT2D eigenvalue weighted by Crippen LogP contribution is -2.50. The first kappa shape index (κ1) is 16.7. The molecule has 1 aromatic carbocycles. The molecule has 3 nitrogen and oxygen atoms in total. The molecule has 0 N–H and O–H groups in total. The molecule has 0 spiro atoms. The number of guanidine groups is 1. The van der Waals surface area contributed by atoms with E-state index < -0.39 is 0 Å². The maximum atomic E-state index is 4.96. The summed E-state index contributed by atoms with van der Waals surface area (Å²) in [6, 6.07) is 6.43. The number of nitrogens with zero attached hydrogens (tertiary/aromatic N) is 3. The van der Waals surface area contributed by atoms with E-state index in [9.17, 15) is 0 Å². The van der Waals surface area contributed by atoms with E-state index in [1.165, 1.54) is 22.4 Å². The Labute approximate surface area is 145 Å². The minimum absolute atomic E-state index is 0.181. The van der Waals surface area contributed by atoms with Crippen molar-refractivity contribution in [1.29, 1.82) is 0 Å². The van der Waals surface area contributed by atoms with E-state index in [2.05, 4.69) is 89.8 Å². The van der Waals surface area contributed by atoms with Crippen LogP contribution in [-0.4, -0.2) is 22.7 Å². The van der Waals surface area contributed by atoms with Crippen LogP contribution in [0.15, 0.2) is 52.0 Å². The van der Waals surface area contributed by atoms with Crippen molar-refractivity contribution in [2.24, 2.45) is 9.98 Å². The summed E-state index contributed by atoms with van der Waals surface area (Å²) >= 11 is 0. The number of aryl methyl sites for hydroxylation is 2. The summed E-state index contributed by atoms with van der Waals surface area (Å²) in [7, 11) is 0. The van der Waals surface area contributed by atoms with Crippen LogP contribution in [0.3, 0.4) is 0 Å². The molecule has 0 saturated carbocycles. The van der Waals surface area contributed by atoms with Gasteiger partial charge in [-0.25, -0.2) is 9.98 Å².